The Hall–Kier alpha value is -1.55. The number of hydrogen-bond acceptors (Lipinski definition) is 3. The molecule has 0 spiro atoms. The van der Waals surface area contributed by atoms with Gasteiger partial charge in [-0.2, -0.15) is 0 Å². The Morgan fingerprint density at radius 2 is 2.30 bits per heavy atom. The van der Waals surface area contributed by atoms with Gasteiger partial charge in [-0.05, 0) is 56.0 Å². The first-order valence-corrected chi connectivity index (χ1v) is 7.33. The molecule has 1 aliphatic rings. The van der Waals surface area contributed by atoms with Gasteiger partial charge in [-0.3, -0.25) is 4.79 Å². The van der Waals surface area contributed by atoms with Crippen LogP contribution in [0.4, 0.5) is 5.69 Å². The largest absolute Gasteiger partial charge is 0.496 e. The normalized spacial score (nSPS) is 22.4. The van der Waals surface area contributed by atoms with E-state index >= 15 is 0 Å². The summed E-state index contributed by atoms with van der Waals surface area (Å²) in [5, 5.41) is 6.30. The molecule has 2 rings (SSSR count). The van der Waals surface area contributed by atoms with Crippen LogP contribution in [0.5, 0.6) is 5.75 Å². The van der Waals surface area contributed by atoms with E-state index in [1.165, 1.54) is 6.42 Å². The lowest BCUT2D eigenvalue weighted by Gasteiger charge is -2.28. The summed E-state index contributed by atoms with van der Waals surface area (Å²) in [5.41, 5.74) is 1.85. The molecule has 1 aromatic rings. The van der Waals surface area contributed by atoms with Gasteiger partial charge in [0.2, 0.25) is 5.91 Å². The van der Waals surface area contributed by atoms with E-state index in [2.05, 4.69) is 17.6 Å². The van der Waals surface area contributed by atoms with Gasteiger partial charge in [0.1, 0.15) is 5.75 Å². The molecule has 0 aliphatic carbocycles. The lowest BCUT2D eigenvalue weighted by Crippen LogP contribution is -2.46. The lowest BCUT2D eigenvalue weighted by atomic mass is 9.90. The van der Waals surface area contributed by atoms with Gasteiger partial charge in [0, 0.05) is 5.69 Å². The van der Waals surface area contributed by atoms with Gasteiger partial charge in [0.15, 0.2) is 0 Å². The molecule has 4 heteroatoms. The molecule has 0 radical (unpaired) electrons. The second kappa shape index (κ2) is 6.75. The van der Waals surface area contributed by atoms with Crippen molar-refractivity contribution in [2.45, 2.75) is 39.2 Å². The van der Waals surface area contributed by atoms with E-state index in [-0.39, 0.29) is 11.9 Å². The van der Waals surface area contributed by atoms with Crippen LogP contribution in [0.25, 0.3) is 0 Å². The van der Waals surface area contributed by atoms with Gasteiger partial charge in [-0.15, -0.1) is 0 Å². The fourth-order valence-corrected chi connectivity index (χ4v) is 2.75. The number of anilines is 1. The SMILES string of the molecule is CCC1CCNC(C(=O)Nc2ccc(OC)c(C)c2)C1. The van der Waals surface area contributed by atoms with Crippen LogP contribution in [0.3, 0.4) is 0 Å². The molecule has 0 bridgehead atoms. The number of carbonyl (C=O) groups is 1. The van der Waals surface area contributed by atoms with Gasteiger partial charge < -0.3 is 15.4 Å². The zero-order valence-corrected chi connectivity index (χ0v) is 12.5. The molecule has 1 heterocycles. The van der Waals surface area contributed by atoms with E-state index in [0.29, 0.717) is 5.92 Å². The minimum absolute atomic E-state index is 0.0627. The average Bonchev–Trinajstić information content (AvgIpc) is 2.47. The van der Waals surface area contributed by atoms with Crippen molar-refractivity contribution in [3.63, 3.8) is 0 Å². The maximum absolute atomic E-state index is 12.3. The number of methoxy groups -OCH3 is 1. The number of amides is 1. The van der Waals surface area contributed by atoms with Crippen molar-refractivity contribution >= 4 is 11.6 Å². The number of rotatable bonds is 4. The van der Waals surface area contributed by atoms with Crippen molar-refractivity contribution in [1.29, 1.82) is 0 Å². The van der Waals surface area contributed by atoms with Crippen molar-refractivity contribution in [3.8, 4) is 5.75 Å². The van der Waals surface area contributed by atoms with Crippen molar-refractivity contribution in [2.75, 3.05) is 19.0 Å². The van der Waals surface area contributed by atoms with Crippen LogP contribution in [0.15, 0.2) is 18.2 Å². The average molecular weight is 276 g/mol. The smallest absolute Gasteiger partial charge is 0.241 e. The molecule has 0 saturated carbocycles. The Morgan fingerprint density at radius 3 is 2.95 bits per heavy atom. The fraction of sp³-hybridized carbons (Fsp3) is 0.562. The zero-order chi connectivity index (χ0) is 14.5. The first-order valence-electron chi connectivity index (χ1n) is 7.33. The minimum Gasteiger partial charge on any atom is -0.496 e. The second-order valence-electron chi connectivity index (χ2n) is 5.48. The van der Waals surface area contributed by atoms with Crippen molar-refractivity contribution < 1.29 is 9.53 Å². The van der Waals surface area contributed by atoms with Gasteiger partial charge >= 0.3 is 0 Å². The molecular formula is C16H24N2O2. The lowest BCUT2D eigenvalue weighted by molar-refractivity contribution is -0.119. The molecule has 1 aliphatic heterocycles. The number of benzene rings is 1. The molecule has 2 atom stereocenters. The van der Waals surface area contributed by atoms with Crippen molar-refractivity contribution in [1.82, 2.24) is 5.32 Å². The highest BCUT2D eigenvalue weighted by Crippen LogP contribution is 2.23. The van der Waals surface area contributed by atoms with E-state index < -0.39 is 0 Å². The van der Waals surface area contributed by atoms with E-state index in [0.717, 1.165) is 36.4 Å². The molecule has 2 unspecified atom stereocenters. The summed E-state index contributed by atoms with van der Waals surface area (Å²) in [7, 11) is 1.65. The third-order valence-corrected chi connectivity index (χ3v) is 4.07. The molecule has 1 amide bonds. The first-order chi connectivity index (χ1) is 9.63. The van der Waals surface area contributed by atoms with Crippen LogP contribution < -0.4 is 15.4 Å². The summed E-state index contributed by atoms with van der Waals surface area (Å²) in [4.78, 5) is 12.3. The summed E-state index contributed by atoms with van der Waals surface area (Å²) >= 11 is 0. The Bertz CT molecular complexity index is 474. The Balaban J connectivity index is 1.98. The fourth-order valence-electron chi connectivity index (χ4n) is 2.75. The molecule has 20 heavy (non-hydrogen) atoms. The predicted octanol–water partition coefficient (Wildman–Crippen LogP) is 2.72. The van der Waals surface area contributed by atoms with Gasteiger partial charge in [-0.25, -0.2) is 0 Å². The Morgan fingerprint density at radius 1 is 1.50 bits per heavy atom. The topological polar surface area (TPSA) is 50.4 Å². The van der Waals surface area contributed by atoms with Crippen LogP contribution in [-0.2, 0) is 4.79 Å². The van der Waals surface area contributed by atoms with E-state index in [4.69, 9.17) is 4.74 Å². The quantitative estimate of drug-likeness (QED) is 0.889. The third-order valence-electron chi connectivity index (χ3n) is 4.07. The molecule has 2 N–H and O–H groups in total. The summed E-state index contributed by atoms with van der Waals surface area (Å²) in [6.45, 7) is 5.09. The number of piperidine rings is 1. The van der Waals surface area contributed by atoms with Crippen molar-refractivity contribution in [3.05, 3.63) is 23.8 Å². The van der Waals surface area contributed by atoms with Crippen LogP contribution in [0, 0.1) is 12.8 Å². The molecule has 110 valence electrons. The maximum Gasteiger partial charge on any atom is 0.241 e. The van der Waals surface area contributed by atoms with Gasteiger partial charge in [-0.1, -0.05) is 13.3 Å². The Kier molecular flexibility index (Phi) is 5.01. The van der Waals surface area contributed by atoms with Crippen LogP contribution in [-0.4, -0.2) is 25.6 Å². The van der Waals surface area contributed by atoms with Gasteiger partial charge in [0.25, 0.3) is 0 Å². The van der Waals surface area contributed by atoms with Crippen LogP contribution >= 0.6 is 0 Å². The standard InChI is InChI=1S/C16H24N2O2/c1-4-12-7-8-17-14(10-12)16(19)18-13-5-6-15(20-3)11(2)9-13/h5-6,9,12,14,17H,4,7-8,10H2,1-3H3,(H,18,19). The third kappa shape index (κ3) is 3.51. The van der Waals surface area contributed by atoms with Crippen molar-refractivity contribution in [2.24, 2.45) is 5.92 Å². The molecule has 1 fully saturated rings. The predicted molar refractivity (Wildman–Crippen MR) is 81.2 cm³/mol. The monoisotopic (exact) mass is 276 g/mol. The molecule has 1 aromatic carbocycles. The second-order valence-corrected chi connectivity index (χ2v) is 5.48. The highest BCUT2D eigenvalue weighted by atomic mass is 16.5. The number of ether oxygens (including phenoxy) is 1. The number of carbonyl (C=O) groups excluding carboxylic acids is 1. The molecule has 4 nitrogen and oxygen atoms in total. The highest BCUT2D eigenvalue weighted by molar-refractivity contribution is 5.95. The Labute approximate surface area is 120 Å². The molecule has 1 saturated heterocycles. The number of aryl methyl sites for hydroxylation is 1. The number of nitrogens with one attached hydrogen (secondary N) is 2. The van der Waals surface area contributed by atoms with E-state index in [9.17, 15) is 4.79 Å². The molecule has 0 aromatic heterocycles. The van der Waals surface area contributed by atoms with Crippen LogP contribution in [0.2, 0.25) is 0 Å². The summed E-state index contributed by atoms with van der Waals surface area (Å²) in [6.07, 6.45) is 3.24. The zero-order valence-electron chi connectivity index (χ0n) is 12.5. The van der Waals surface area contributed by atoms with Gasteiger partial charge in [0.05, 0.1) is 13.2 Å². The van der Waals surface area contributed by atoms with Crippen LogP contribution in [0.1, 0.15) is 31.7 Å². The van der Waals surface area contributed by atoms with E-state index in [1.807, 2.05) is 25.1 Å². The minimum atomic E-state index is -0.0730. The summed E-state index contributed by atoms with van der Waals surface area (Å²) < 4.78 is 5.22. The number of hydrogen-bond donors (Lipinski definition) is 2. The van der Waals surface area contributed by atoms with E-state index in [1.54, 1.807) is 7.11 Å². The summed E-state index contributed by atoms with van der Waals surface area (Å²) in [6, 6.07) is 5.63. The molecular weight excluding hydrogens is 252 g/mol. The summed E-state index contributed by atoms with van der Waals surface area (Å²) in [5.74, 6) is 1.56. The first kappa shape index (κ1) is 14.9. The maximum atomic E-state index is 12.3. The highest BCUT2D eigenvalue weighted by Gasteiger charge is 2.25.